The molecular formula is C14H8BrClN2OS. The largest absolute Gasteiger partial charge is 0.321 e. The average Bonchev–Trinajstić information content (AvgIpc) is 2.84. The third-order valence-corrected chi connectivity index (χ3v) is 4.17. The fraction of sp³-hybridized carbons (Fsp3) is 0. The minimum Gasteiger partial charge on any atom is -0.321 e. The van der Waals surface area contributed by atoms with Gasteiger partial charge in [0.25, 0.3) is 5.91 Å². The lowest BCUT2D eigenvalue weighted by Crippen LogP contribution is -2.13. The van der Waals surface area contributed by atoms with Crippen LogP contribution in [0.5, 0.6) is 0 Å². The quantitative estimate of drug-likeness (QED) is 0.631. The third kappa shape index (κ3) is 3.94. The van der Waals surface area contributed by atoms with Gasteiger partial charge in [-0.1, -0.05) is 11.6 Å². The summed E-state index contributed by atoms with van der Waals surface area (Å²) in [7, 11) is 0. The molecule has 100 valence electrons. The van der Waals surface area contributed by atoms with Gasteiger partial charge >= 0.3 is 0 Å². The van der Waals surface area contributed by atoms with Crippen LogP contribution in [-0.4, -0.2) is 5.91 Å². The SMILES string of the molecule is N#C/C(=C\c1ccc(Br)s1)C(=O)Nc1ccc(Cl)cc1. The highest BCUT2D eigenvalue weighted by Crippen LogP contribution is 2.24. The number of nitrogens with one attached hydrogen (secondary N) is 1. The summed E-state index contributed by atoms with van der Waals surface area (Å²) in [5.41, 5.74) is 0.641. The van der Waals surface area contributed by atoms with E-state index < -0.39 is 5.91 Å². The molecule has 20 heavy (non-hydrogen) atoms. The second-order valence-corrected chi connectivity index (χ2v) is 6.70. The molecule has 0 atom stereocenters. The number of hydrogen-bond donors (Lipinski definition) is 1. The molecule has 0 spiro atoms. The normalized spacial score (nSPS) is 10.9. The standard InChI is InChI=1S/C14H8BrClN2OS/c15-13-6-5-12(20-13)7-9(8-17)14(19)18-11-3-1-10(16)2-4-11/h1-7H,(H,18,19)/b9-7+. The van der Waals surface area contributed by atoms with Crippen molar-refractivity contribution < 1.29 is 4.79 Å². The average molecular weight is 368 g/mol. The Labute approximate surface area is 133 Å². The monoisotopic (exact) mass is 366 g/mol. The van der Waals surface area contributed by atoms with Crippen molar-refractivity contribution in [3.63, 3.8) is 0 Å². The molecule has 0 unspecified atom stereocenters. The van der Waals surface area contributed by atoms with E-state index >= 15 is 0 Å². The lowest BCUT2D eigenvalue weighted by atomic mass is 10.2. The molecule has 3 nitrogen and oxygen atoms in total. The van der Waals surface area contributed by atoms with E-state index in [2.05, 4.69) is 21.2 Å². The summed E-state index contributed by atoms with van der Waals surface area (Å²) in [6.45, 7) is 0. The van der Waals surface area contributed by atoms with Gasteiger partial charge in [0.15, 0.2) is 0 Å². The highest BCUT2D eigenvalue weighted by Gasteiger charge is 2.10. The molecule has 0 aliphatic rings. The van der Waals surface area contributed by atoms with Crippen LogP contribution in [0, 0.1) is 11.3 Å². The van der Waals surface area contributed by atoms with Gasteiger partial charge in [-0.25, -0.2) is 0 Å². The third-order valence-electron chi connectivity index (χ3n) is 2.35. The number of hydrogen-bond acceptors (Lipinski definition) is 3. The summed E-state index contributed by atoms with van der Waals surface area (Å²) in [5, 5.41) is 12.3. The summed E-state index contributed by atoms with van der Waals surface area (Å²) in [6, 6.07) is 12.3. The van der Waals surface area contributed by atoms with Crippen LogP contribution in [0.4, 0.5) is 5.69 Å². The van der Waals surface area contributed by atoms with Gasteiger partial charge in [-0.05, 0) is 58.4 Å². The summed E-state index contributed by atoms with van der Waals surface area (Å²) in [4.78, 5) is 12.8. The van der Waals surface area contributed by atoms with Crippen molar-refractivity contribution in [1.82, 2.24) is 0 Å². The number of carbonyl (C=O) groups is 1. The van der Waals surface area contributed by atoms with Crippen LogP contribution in [0.25, 0.3) is 6.08 Å². The Morgan fingerprint density at radius 2 is 2.00 bits per heavy atom. The topological polar surface area (TPSA) is 52.9 Å². The van der Waals surface area contributed by atoms with Gasteiger partial charge in [0.2, 0.25) is 0 Å². The number of thiophene rings is 1. The van der Waals surface area contributed by atoms with Crippen LogP contribution >= 0.6 is 38.9 Å². The first kappa shape index (κ1) is 14.8. The molecule has 0 aliphatic heterocycles. The summed E-state index contributed by atoms with van der Waals surface area (Å²) < 4.78 is 0.944. The van der Waals surface area contributed by atoms with Crippen LogP contribution in [-0.2, 0) is 4.79 Å². The van der Waals surface area contributed by atoms with E-state index in [4.69, 9.17) is 16.9 Å². The van der Waals surface area contributed by atoms with Crippen LogP contribution in [0.1, 0.15) is 4.88 Å². The van der Waals surface area contributed by atoms with Crippen molar-refractivity contribution >= 4 is 56.5 Å². The second-order valence-electron chi connectivity index (χ2n) is 3.77. The van der Waals surface area contributed by atoms with E-state index in [1.54, 1.807) is 30.3 Å². The first-order valence-corrected chi connectivity index (χ1v) is 7.51. The van der Waals surface area contributed by atoms with E-state index in [1.165, 1.54) is 11.3 Å². The van der Waals surface area contributed by atoms with Gasteiger partial charge in [0, 0.05) is 15.6 Å². The lowest BCUT2D eigenvalue weighted by Gasteiger charge is -2.03. The smallest absolute Gasteiger partial charge is 0.266 e. The Morgan fingerprint density at radius 3 is 2.55 bits per heavy atom. The molecule has 0 saturated heterocycles. The highest BCUT2D eigenvalue weighted by molar-refractivity contribution is 9.11. The second kappa shape index (κ2) is 6.71. The molecule has 1 aromatic carbocycles. The first-order chi connectivity index (χ1) is 9.58. The summed E-state index contributed by atoms with van der Waals surface area (Å²) >= 11 is 10.6. The van der Waals surface area contributed by atoms with E-state index in [-0.39, 0.29) is 5.57 Å². The highest BCUT2D eigenvalue weighted by atomic mass is 79.9. The first-order valence-electron chi connectivity index (χ1n) is 5.52. The Kier molecular flexibility index (Phi) is 4.96. The maximum Gasteiger partial charge on any atom is 0.266 e. The van der Waals surface area contributed by atoms with Crippen LogP contribution in [0.2, 0.25) is 5.02 Å². The van der Waals surface area contributed by atoms with Crippen LogP contribution in [0.15, 0.2) is 45.8 Å². The lowest BCUT2D eigenvalue weighted by molar-refractivity contribution is -0.112. The number of halogens is 2. The summed E-state index contributed by atoms with van der Waals surface area (Å²) in [5.74, 6) is -0.445. The van der Waals surface area contributed by atoms with Crippen molar-refractivity contribution in [2.45, 2.75) is 0 Å². The Hall–Kier alpha value is -1.61. The van der Waals surface area contributed by atoms with Crippen molar-refractivity contribution in [1.29, 1.82) is 5.26 Å². The van der Waals surface area contributed by atoms with Crippen LogP contribution < -0.4 is 5.32 Å². The Bertz CT molecular complexity index is 701. The van der Waals surface area contributed by atoms with Gasteiger partial charge in [-0.2, -0.15) is 5.26 Å². The predicted molar refractivity (Wildman–Crippen MR) is 85.7 cm³/mol. The van der Waals surface area contributed by atoms with Gasteiger partial charge < -0.3 is 5.32 Å². The fourth-order valence-electron chi connectivity index (χ4n) is 1.43. The summed E-state index contributed by atoms with van der Waals surface area (Å²) in [6.07, 6.45) is 1.56. The molecule has 0 aliphatic carbocycles. The Morgan fingerprint density at radius 1 is 1.30 bits per heavy atom. The number of carbonyl (C=O) groups excluding carboxylic acids is 1. The van der Waals surface area contributed by atoms with Gasteiger partial charge in [-0.3, -0.25) is 4.79 Å². The molecule has 1 aromatic heterocycles. The molecule has 2 aromatic rings. The van der Waals surface area contributed by atoms with E-state index in [0.29, 0.717) is 10.7 Å². The number of amides is 1. The molecule has 1 heterocycles. The molecule has 0 fully saturated rings. The number of rotatable bonds is 3. The fourth-order valence-corrected chi connectivity index (χ4v) is 2.92. The molecule has 0 bridgehead atoms. The van der Waals surface area contributed by atoms with Gasteiger partial charge in [0.05, 0.1) is 3.79 Å². The number of benzene rings is 1. The van der Waals surface area contributed by atoms with Crippen molar-refractivity contribution in [3.8, 4) is 6.07 Å². The van der Waals surface area contributed by atoms with E-state index in [1.807, 2.05) is 18.2 Å². The minimum atomic E-state index is -0.445. The zero-order chi connectivity index (χ0) is 14.5. The molecule has 6 heteroatoms. The molecule has 0 saturated carbocycles. The molecule has 1 N–H and O–H groups in total. The predicted octanol–water partition coefficient (Wildman–Crippen LogP) is 4.71. The van der Waals surface area contributed by atoms with Gasteiger partial charge in [-0.15, -0.1) is 11.3 Å². The number of nitriles is 1. The minimum absolute atomic E-state index is 0.0503. The maximum atomic E-state index is 12.0. The van der Waals surface area contributed by atoms with Crippen LogP contribution in [0.3, 0.4) is 0 Å². The van der Waals surface area contributed by atoms with E-state index in [9.17, 15) is 4.79 Å². The zero-order valence-corrected chi connectivity index (χ0v) is 13.2. The number of nitrogens with zero attached hydrogens (tertiary/aromatic N) is 1. The Balaban J connectivity index is 2.16. The van der Waals surface area contributed by atoms with Crippen molar-refractivity contribution in [2.75, 3.05) is 5.32 Å². The zero-order valence-electron chi connectivity index (χ0n) is 10.1. The van der Waals surface area contributed by atoms with Gasteiger partial charge in [0.1, 0.15) is 11.6 Å². The molecule has 2 rings (SSSR count). The number of anilines is 1. The van der Waals surface area contributed by atoms with E-state index in [0.717, 1.165) is 8.66 Å². The van der Waals surface area contributed by atoms with Crippen molar-refractivity contribution in [2.24, 2.45) is 0 Å². The molecular weight excluding hydrogens is 360 g/mol. The molecule has 0 radical (unpaired) electrons. The molecule has 1 amide bonds. The van der Waals surface area contributed by atoms with Crippen molar-refractivity contribution in [3.05, 3.63) is 55.7 Å². The maximum absolute atomic E-state index is 12.0.